The summed E-state index contributed by atoms with van der Waals surface area (Å²) in [6.07, 6.45) is 1.95. The molecule has 0 saturated carbocycles. The minimum atomic E-state index is -0.263. The average molecular weight is 393 g/mol. The smallest absolute Gasteiger partial charge is 0.265 e. The Bertz CT molecular complexity index is 1120. The third kappa shape index (κ3) is 3.93. The lowest BCUT2D eigenvalue weighted by molar-refractivity contribution is -0.123. The fourth-order valence-corrected chi connectivity index (χ4v) is 3.03. The van der Waals surface area contributed by atoms with Gasteiger partial charge in [-0.1, -0.05) is 40.6 Å². The number of rotatable bonds is 7. The molecular weight excluding hydrogens is 374 g/mol. The summed E-state index contributed by atoms with van der Waals surface area (Å²) >= 11 is 0. The van der Waals surface area contributed by atoms with Crippen LogP contribution in [0.15, 0.2) is 45.7 Å². The number of nitrogens with one attached hydrogen (secondary N) is 1. The highest BCUT2D eigenvalue weighted by atomic mass is 16.5. The summed E-state index contributed by atoms with van der Waals surface area (Å²) in [5.74, 6) is 0.745. The fraction of sp³-hybridized carbons (Fsp3) is 0.250. The third-order valence-corrected chi connectivity index (χ3v) is 4.50. The van der Waals surface area contributed by atoms with Crippen LogP contribution in [0, 0.1) is 13.8 Å². The summed E-state index contributed by atoms with van der Waals surface area (Å²) in [6, 6.07) is 9.50. The number of carbonyl (C=O) groups is 1. The van der Waals surface area contributed by atoms with E-state index in [1.165, 1.54) is 6.33 Å². The molecular formula is C20H19N5O4. The molecule has 0 spiro atoms. The predicted molar refractivity (Wildman–Crippen MR) is 103 cm³/mol. The summed E-state index contributed by atoms with van der Waals surface area (Å²) in [6.45, 7) is 3.99. The van der Waals surface area contributed by atoms with Gasteiger partial charge in [-0.05, 0) is 20.3 Å². The number of aryl methyl sites for hydroxylation is 2. The van der Waals surface area contributed by atoms with Crippen molar-refractivity contribution in [2.24, 2.45) is 0 Å². The van der Waals surface area contributed by atoms with Crippen LogP contribution in [0.2, 0.25) is 0 Å². The average Bonchev–Trinajstić information content (AvgIpc) is 3.31. The van der Waals surface area contributed by atoms with Crippen LogP contribution in [0.4, 0.5) is 0 Å². The lowest BCUT2D eigenvalue weighted by Gasteiger charge is -2.07. The molecule has 0 unspecified atom stereocenters. The summed E-state index contributed by atoms with van der Waals surface area (Å²) < 4.78 is 16.0. The normalized spacial score (nSPS) is 11.0. The van der Waals surface area contributed by atoms with Crippen molar-refractivity contribution in [1.82, 2.24) is 25.6 Å². The maximum Gasteiger partial charge on any atom is 0.265 e. The van der Waals surface area contributed by atoms with Gasteiger partial charge in [0.25, 0.3) is 11.6 Å². The number of nitrogens with zero attached hydrogens (tertiary/aromatic N) is 4. The van der Waals surface area contributed by atoms with Crippen LogP contribution in [0.25, 0.3) is 22.4 Å². The maximum absolute atomic E-state index is 12.2. The van der Waals surface area contributed by atoms with E-state index in [0.717, 1.165) is 22.6 Å². The molecule has 1 aromatic carbocycles. The Labute approximate surface area is 166 Å². The Hall–Kier alpha value is -3.75. The van der Waals surface area contributed by atoms with Crippen LogP contribution in [0.5, 0.6) is 5.88 Å². The van der Waals surface area contributed by atoms with E-state index < -0.39 is 0 Å². The van der Waals surface area contributed by atoms with Crippen molar-refractivity contribution >= 4 is 17.0 Å². The molecule has 4 rings (SSSR count). The monoisotopic (exact) mass is 393 g/mol. The number of amides is 1. The first-order valence-corrected chi connectivity index (χ1v) is 9.10. The first-order chi connectivity index (χ1) is 14.1. The van der Waals surface area contributed by atoms with Crippen molar-refractivity contribution in [3.05, 3.63) is 53.7 Å². The van der Waals surface area contributed by atoms with Crippen molar-refractivity contribution < 1.29 is 18.6 Å². The van der Waals surface area contributed by atoms with Gasteiger partial charge < -0.3 is 19.1 Å². The first-order valence-electron chi connectivity index (χ1n) is 9.10. The van der Waals surface area contributed by atoms with E-state index >= 15 is 0 Å². The SMILES string of the molecule is Cc1noc(C)c1CCNC(=O)COc1ncnc2onc(-c3ccccc3)c12. The first kappa shape index (κ1) is 18.6. The van der Waals surface area contributed by atoms with Gasteiger partial charge in [-0.2, -0.15) is 4.98 Å². The second kappa shape index (κ2) is 8.09. The molecule has 0 fully saturated rings. The predicted octanol–water partition coefficient (Wildman–Crippen LogP) is 2.63. The summed E-state index contributed by atoms with van der Waals surface area (Å²) in [5, 5.41) is 11.3. The largest absolute Gasteiger partial charge is 0.467 e. The van der Waals surface area contributed by atoms with Gasteiger partial charge in [-0.3, -0.25) is 4.79 Å². The Morgan fingerprint density at radius 2 is 1.93 bits per heavy atom. The Morgan fingerprint density at radius 3 is 2.69 bits per heavy atom. The minimum Gasteiger partial charge on any atom is -0.467 e. The molecule has 0 aliphatic carbocycles. The van der Waals surface area contributed by atoms with E-state index in [1.54, 1.807) is 0 Å². The second-order valence-corrected chi connectivity index (χ2v) is 6.45. The van der Waals surface area contributed by atoms with Crippen molar-refractivity contribution in [2.75, 3.05) is 13.2 Å². The van der Waals surface area contributed by atoms with E-state index in [1.807, 2.05) is 44.2 Å². The number of hydrogen-bond donors (Lipinski definition) is 1. The van der Waals surface area contributed by atoms with Gasteiger partial charge in [0.15, 0.2) is 6.61 Å². The standard InChI is InChI=1S/C20H19N5O4/c1-12-15(13(2)28-24-12)8-9-21-16(26)10-27-19-17-18(14-6-4-3-5-7-14)25-29-20(17)23-11-22-19/h3-7,11H,8-10H2,1-2H3,(H,21,26). The van der Waals surface area contributed by atoms with Crippen LogP contribution in [-0.4, -0.2) is 39.3 Å². The topological polar surface area (TPSA) is 116 Å². The molecule has 3 aromatic heterocycles. The van der Waals surface area contributed by atoms with Gasteiger partial charge in [0, 0.05) is 17.7 Å². The van der Waals surface area contributed by atoms with Crippen LogP contribution < -0.4 is 10.1 Å². The zero-order valence-corrected chi connectivity index (χ0v) is 16.0. The van der Waals surface area contributed by atoms with Gasteiger partial charge in [0.1, 0.15) is 23.2 Å². The zero-order valence-electron chi connectivity index (χ0n) is 16.0. The summed E-state index contributed by atoms with van der Waals surface area (Å²) in [4.78, 5) is 20.4. The van der Waals surface area contributed by atoms with Gasteiger partial charge >= 0.3 is 0 Å². The molecule has 0 atom stereocenters. The molecule has 29 heavy (non-hydrogen) atoms. The highest BCUT2D eigenvalue weighted by molar-refractivity contribution is 5.93. The van der Waals surface area contributed by atoms with Crippen LogP contribution in [0.3, 0.4) is 0 Å². The van der Waals surface area contributed by atoms with E-state index in [0.29, 0.717) is 29.8 Å². The fourth-order valence-electron chi connectivity index (χ4n) is 3.03. The van der Waals surface area contributed by atoms with E-state index in [9.17, 15) is 4.79 Å². The van der Waals surface area contributed by atoms with E-state index in [4.69, 9.17) is 13.8 Å². The Balaban J connectivity index is 1.42. The number of carbonyl (C=O) groups excluding carboxylic acids is 1. The van der Waals surface area contributed by atoms with Gasteiger partial charge in [0.05, 0.1) is 5.69 Å². The Kier molecular flexibility index (Phi) is 5.19. The van der Waals surface area contributed by atoms with Crippen molar-refractivity contribution in [3.63, 3.8) is 0 Å². The molecule has 0 aliphatic heterocycles. The van der Waals surface area contributed by atoms with Gasteiger partial charge in [-0.15, -0.1) is 0 Å². The minimum absolute atomic E-state index is 0.187. The van der Waals surface area contributed by atoms with Crippen molar-refractivity contribution in [2.45, 2.75) is 20.3 Å². The molecule has 0 radical (unpaired) electrons. The van der Waals surface area contributed by atoms with Gasteiger partial charge in [-0.25, -0.2) is 4.98 Å². The highest BCUT2D eigenvalue weighted by Gasteiger charge is 2.18. The molecule has 0 bridgehead atoms. The van der Waals surface area contributed by atoms with E-state index in [-0.39, 0.29) is 18.4 Å². The molecule has 9 heteroatoms. The molecule has 0 saturated heterocycles. The zero-order chi connectivity index (χ0) is 20.2. The van der Waals surface area contributed by atoms with Crippen LogP contribution in [0.1, 0.15) is 17.0 Å². The summed E-state index contributed by atoms with van der Waals surface area (Å²) in [5.41, 5.74) is 3.54. The van der Waals surface area contributed by atoms with Crippen LogP contribution in [-0.2, 0) is 11.2 Å². The Morgan fingerprint density at radius 1 is 1.10 bits per heavy atom. The number of fused-ring (bicyclic) bond motifs is 1. The molecule has 0 aliphatic rings. The second-order valence-electron chi connectivity index (χ2n) is 6.45. The third-order valence-electron chi connectivity index (χ3n) is 4.50. The molecule has 4 aromatic rings. The van der Waals surface area contributed by atoms with Gasteiger partial charge in [0.2, 0.25) is 5.88 Å². The number of benzene rings is 1. The van der Waals surface area contributed by atoms with E-state index in [2.05, 4.69) is 25.6 Å². The lowest BCUT2D eigenvalue weighted by atomic mass is 10.1. The number of aromatic nitrogens is 4. The van der Waals surface area contributed by atoms with Crippen LogP contribution >= 0.6 is 0 Å². The maximum atomic E-state index is 12.2. The van der Waals surface area contributed by atoms with Crippen molar-refractivity contribution in [3.8, 4) is 17.1 Å². The highest BCUT2D eigenvalue weighted by Crippen LogP contribution is 2.32. The molecule has 3 heterocycles. The number of ether oxygens (including phenoxy) is 1. The summed E-state index contributed by atoms with van der Waals surface area (Å²) in [7, 11) is 0. The van der Waals surface area contributed by atoms with Crippen molar-refractivity contribution in [1.29, 1.82) is 0 Å². The molecule has 1 N–H and O–H groups in total. The quantitative estimate of drug-likeness (QED) is 0.509. The lowest BCUT2D eigenvalue weighted by Crippen LogP contribution is -2.30. The molecule has 1 amide bonds. The molecule has 148 valence electrons. The molecule has 9 nitrogen and oxygen atoms in total. The number of hydrogen-bond acceptors (Lipinski definition) is 8.